The van der Waals surface area contributed by atoms with Crippen molar-refractivity contribution >= 4 is 23.0 Å². The first-order valence-corrected chi connectivity index (χ1v) is 9.13. The third-order valence-electron chi connectivity index (χ3n) is 4.86. The number of benzene rings is 2. The van der Waals surface area contributed by atoms with Gasteiger partial charge in [-0.25, -0.2) is 0 Å². The van der Waals surface area contributed by atoms with E-state index in [9.17, 15) is 4.79 Å². The van der Waals surface area contributed by atoms with Crippen molar-refractivity contribution in [2.45, 2.75) is 5.92 Å². The molecule has 27 heavy (non-hydrogen) atoms. The Labute approximate surface area is 158 Å². The molecule has 4 rings (SSSR count). The maximum atomic E-state index is 12.9. The third-order valence-corrected chi connectivity index (χ3v) is 4.86. The Bertz CT molecular complexity index is 898. The zero-order chi connectivity index (χ0) is 18.5. The van der Waals surface area contributed by atoms with Crippen molar-refractivity contribution in [3.63, 3.8) is 0 Å². The molecule has 3 N–H and O–H groups in total. The van der Waals surface area contributed by atoms with Crippen LogP contribution in [0.4, 0.5) is 17.1 Å². The molecule has 0 aliphatic carbocycles. The van der Waals surface area contributed by atoms with E-state index in [1.807, 2.05) is 54.6 Å². The van der Waals surface area contributed by atoms with Crippen molar-refractivity contribution in [1.82, 2.24) is 10.3 Å². The third kappa shape index (κ3) is 4.15. The van der Waals surface area contributed by atoms with E-state index in [2.05, 4.69) is 33.1 Å². The van der Waals surface area contributed by atoms with Gasteiger partial charge in [0.25, 0.3) is 0 Å². The Hall–Kier alpha value is -3.18. The first-order chi connectivity index (χ1) is 13.3. The smallest absolute Gasteiger partial charge is 0.229 e. The Morgan fingerprint density at radius 1 is 0.926 bits per heavy atom. The topological polar surface area (TPSA) is 66.0 Å². The number of anilines is 3. The number of carbonyl (C=O) groups excluding carboxylic acids is 1. The minimum atomic E-state index is -0.0812. The highest BCUT2D eigenvalue weighted by molar-refractivity contribution is 5.94. The minimum Gasteiger partial charge on any atom is -0.354 e. The molecule has 1 fully saturated rings. The summed E-state index contributed by atoms with van der Waals surface area (Å²) >= 11 is 0. The molecule has 2 atom stereocenters. The zero-order valence-electron chi connectivity index (χ0n) is 14.9. The second-order valence-corrected chi connectivity index (χ2v) is 6.72. The monoisotopic (exact) mass is 358 g/mol. The number of pyridine rings is 1. The van der Waals surface area contributed by atoms with Crippen LogP contribution in [0.5, 0.6) is 0 Å². The van der Waals surface area contributed by atoms with Crippen molar-refractivity contribution in [1.29, 1.82) is 0 Å². The summed E-state index contributed by atoms with van der Waals surface area (Å²) in [6, 6.07) is 21.8. The maximum absolute atomic E-state index is 12.9. The summed E-state index contributed by atoms with van der Waals surface area (Å²) in [6.07, 6.45) is 3.50. The van der Waals surface area contributed by atoms with Crippen LogP contribution < -0.4 is 16.0 Å². The molecule has 0 radical (unpaired) electrons. The minimum absolute atomic E-state index is 0.0485. The molecule has 1 amide bonds. The van der Waals surface area contributed by atoms with Gasteiger partial charge in [0.1, 0.15) is 0 Å². The molecule has 0 unspecified atom stereocenters. The van der Waals surface area contributed by atoms with Crippen LogP contribution >= 0.6 is 0 Å². The normalized spacial score (nSPS) is 18.8. The Morgan fingerprint density at radius 3 is 2.56 bits per heavy atom. The molecule has 1 aliphatic rings. The quantitative estimate of drug-likeness (QED) is 0.650. The maximum Gasteiger partial charge on any atom is 0.229 e. The summed E-state index contributed by atoms with van der Waals surface area (Å²) in [7, 11) is 0. The molecular weight excluding hydrogens is 336 g/mol. The highest BCUT2D eigenvalue weighted by atomic mass is 16.1. The average Bonchev–Trinajstić information content (AvgIpc) is 3.20. The van der Waals surface area contributed by atoms with E-state index >= 15 is 0 Å². The SMILES string of the molecule is O=C(Nc1cccc(Nc2cccnc2)c1)[C@@H]1CNC[C@H]1c1ccccc1. The lowest BCUT2D eigenvalue weighted by atomic mass is 9.88. The highest BCUT2D eigenvalue weighted by Gasteiger charge is 2.33. The van der Waals surface area contributed by atoms with E-state index in [0.717, 1.165) is 23.6 Å². The Kier molecular flexibility index (Phi) is 5.12. The highest BCUT2D eigenvalue weighted by Crippen LogP contribution is 2.29. The summed E-state index contributed by atoms with van der Waals surface area (Å²) in [5.41, 5.74) is 3.80. The van der Waals surface area contributed by atoms with Crippen molar-refractivity contribution < 1.29 is 4.79 Å². The van der Waals surface area contributed by atoms with Crippen molar-refractivity contribution in [3.8, 4) is 0 Å². The number of aromatic nitrogens is 1. The number of hydrogen-bond donors (Lipinski definition) is 3. The van der Waals surface area contributed by atoms with E-state index in [1.54, 1.807) is 12.4 Å². The summed E-state index contributed by atoms with van der Waals surface area (Å²) in [6.45, 7) is 1.52. The zero-order valence-corrected chi connectivity index (χ0v) is 14.9. The summed E-state index contributed by atoms with van der Waals surface area (Å²) in [5, 5.41) is 9.72. The lowest BCUT2D eigenvalue weighted by molar-refractivity contribution is -0.119. The van der Waals surface area contributed by atoms with Crippen LogP contribution in [0.1, 0.15) is 11.5 Å². The molecular formula is C22H22N4O. The van der Waals surface area contributed by atoms with Gasteiger partial charge in [-0.2, -0.15) is 0 Å². The molecule has 5 heteroatoms. The van der Waals surface area contributed by atoms with Gasteiger partial charge in [0.05, 0.1) is 17.8 Å². The fourth-order valence-corrected chi connectivity index (χ4v) is 3.52. The second kappa shape index (κ2) is 8.01. The largest absolute Gasteiger partial charge is 0.354 e. The lowest BCUT2D eigenvalue weighted by Crippen LogP contribution is -2.28. The fourth-order valence-electron chi connectivity index (χ4n) is 3.52. The van der Waals surface area contributed by atoms with Gasteiger partial charge in [0.2, 0.25) is 5.91 Å². The van der Waals surface area contributed by atoms with Gasteiger partial charge in [-0.05, 0) is 35.9 Å². The van der Waals surface area contributed by atoms with Gasteiger partial charge in [0, 0.05) is 36.6 Å². The number of nitrogens with zero attached hydrogens (tertiary/aromatic N) is 1. The van der Waals surface area contributed by atoms with Gasteiger partial charge in [-0.3, -0.25) is 9.78 Å². The van der Waals surface area contributed by atoms with Gasteiger partial charge in [-0.1, -0.05) is 36.4 Å². The number of rotatable bonds is 5. The number of hydrogen-bond acceptors (Lipinski definition) is 4. The van der Waals surface area contributed by atoms with Crippen molar-refractivity contribution in [2.24, 2.45) is 5.92 Å². The molecule has 2 aromatic carbocycles. The van der Waals surface area contributed by atoms with E-state index in [4.69, 9.17) is 0 Å². The van der Waals surface area contributed by atoms with Crippen LogP contribution in [0.15, 0.2) is 79.1 Å². The predicted octanol–water partition coefficient (Wildman–Crippen LogP) is 3.77. The van der Waals surface area contributed by atoms with Gasteiger partial charge in [-0.15, -0.1) is 0 Å². The number of nitrogens with one attached hydrogen (secondary N) is 3. The van der Waals surface area contributed by atoms with Gasteiger partial charge in [0.15, 0.2) is 0 Å². The average molecular weight is 358 g/mol. The molecule has 0 bridgehead atoms. The molecule has 1 aliphatic heterocycles. The standard InChI is InChI=1S/C22H22N4O/c27-22(21-15-24-14-20(21)16-6-2-1-3-7-16)26-18-9-4-8-17(12-18)25-19-10-5-11-23-13-19/h1-13,20-21,24-25H,14-15H2,(H,26,27)/t20-,21+/m0/s1. The van der Waals surface area contributed by atoms with Crippen LogP contribution in [-0.4, -0.2) is 24.0 Å². The molecule has 0 spiro atoms. The molecule has 1 saturated heterocycles. The van der Waals surface area contributed by atoms with Crippen LogP contribution in [0.2, 0.25) is 0 Å². The molecule has 3 aromatic rings. The van der Waals surface area contributed by atoms with Crippen LogP contribution in [0.25, 0.3) is 0 Å². The van der Waals surface area contributed by atoms with Crippen LogP contribution in [0.3, 0.4) is 0 Å². The first-order valence-electron chi connectivity index (χ1n) is 9.13. The first kappa shape index (κ1) is 17.2. The second-order valence-electron chi connectivity index (χ2n) is 6.72. The summed E-state index contributed by atoms with van der Waals surface area (Å²) < 4.78 is 0. The summed E-state index contributed by atoms with van der Waals surface area (Å²) in [5.74, 6) is 0.164. The van der Waals surface area contributed by atoms with E-state index in [0.29, 0.717) is 6.54 Å². The van der Waals surface area contributed by atoms with Crippen LogP contribution in [-0.2, 0) is 4.79 Å². The van der Waals surface area contributed by atoms with Crippen LogP contribution in [0, 0.1) is 5.92 Å². The molecule has 1 aromatic heterocycles. The van der Waals surface area contributed by atoms with Gasteiger partial charge < -0.3 is 16.0 Å². The molecule has 0 saturated carbocycles. The van der Waals surface area contributed by atoms with Gasteiger partial charge >= 0.3 is 0 Å². The van der Waals surface area contributed by atoms with E-state index < -0.39 is 0 Å². The molecule has 2 heterocycles. The lowest BCUT2D eigenvalue weighted by Gasteiger charge is -2.19. The van der Waals surface area contributed by atoms with Crippen molar-refractivity contribution in [2.75, 3.05) is 23.7 Å². The van der Waals surface area contributed by atoms with Crippen molar-refractivity contribution in [3.05, 3.63) is 84.7 Å². The predicted molar refractivity (Wildman–Crippen MR) is 108 cm³/mol. The fraction of sp³-hybridized carbons (Fsp3) is 0.182. The molecule has 136 valence electrons. The Morgan fingerprint density at radius 2 is 1.74 bits per heavy atom. The van der Waals surface area contributed by atoms with E-state index in [1.165, 1.54) is 5.56 Å². The number of amides is 1. The summed E-state index contributed by atoms with van der Waals surface area (Å²) in [4.78, 5) is 17.0. The number of carbonyl (C=O) groups is 1. The Balaban J connectivity index is 1.45. The van der Waals surface area contributed by atoms with E-state index in [-0.39, 0.29) is 17.7 Å². The molecule has 5 nitrogen and oxygen atoms in total.